The molecule has 1 spiro atoms. The third kappa shape index (κ3) is 5.42. The normalized spacial score (nSPS) is 29.8. The number of benzene rings is 2. The van der Waals surface area contributed by atoms with Gasteiger partial charge in [-0.15, -0.1) is 0 Å². The summed E-state index contributed by atoms with van der Waals surface area (Å²) in [5.74, 6) is 3.35. The van der Waals surface area contributed by atoms with Crippen molar-refractivity contribution in [2.45, 2.75) is 70.6 Å². The number of rotatable bonds is 8. The molecule has 4 heteroatoms. The van der Waals surface area contributed by atoms with Crippen LogP contribution < -0.4 is 4.90 Å². The van der Waals surface area contributed by atoms with Crippen molar-refractivity contribution < 1.29 is 4.74 Å². The molecule has 6 rings (SSSR count). The molecule has 4 fully saturated rings. The van der Waals surface area contributed by atoms with E-state index in [0.717, 1.165) is 49.5 Å². The SMILES string of the molecule is CC(C)C1CCC(N2CCC3(CC2)C2CN(CCOCc4ccccc4)CC2CN3c2ccccc2)CC1. The summed E-state index contributed by atoms with van der Waals surface area (Å²) in [5.41, 5.74) is 3.04. The van der Waals surface area contributed by atoms with Crippen molar-refractivity contribution in [1.82, 2.24) is 9.80 Å². The molecule has 1 saturated carbocycles. The highest BCUT2D eigenvalue weighted by atomic mass is 16.5. The third-order valence-corrected chi connectivity index (χ3v) is 10.8. The Hall–Kier alpha value is -1.88. The third-order valence-electron chi connectivity index (χ3n) is 10.8. The van der Waals surface area contributed by atoms with Crippen molar-refractivity contribution in [3.8, 4) is 0 Å². The van der Waals surface area contributed by atoms with E-state index < -0.39 is 0 Å². The Morgan fingerprint density at radius 3 is 2.21 bits per heavy atom. The first kappa shape index (κ1) is 26.3. The molecule has 4 nitrogen and oxygen atoms in total. The highest BCUT2D eigenvalue weighted by Gasteiger charge is 2.57. The molecule has 4 aliphatic rings. The number of anilines is 1. The average molecular weight is 516 g/mol. The first-order valence-corrected chi connectivity index (χ1v) is 15.5. The van der Waals surface area contributed by atoms with Crippen molar-refractivity contribution in [2.24, 2.45) is 23.7 Å². The fourth-order valence-corrected chi connectivity index (χ4v) is 8.53. The Morgan fingerprint density at radius 2 is 1.53 bits per heavy atom. The van der Waals surface area contributed by atoms with E-state index in [2.05, 4.69) is 89.2 Å². The fourth-order valence-electron chi connectivity index (χ4n) is 8.53. The molecular weight excluding hydrogens is 466 g/mol. The Bertz CT molecular complexity index is 995. The van der Waals surface area contributed by atoms with Gasteiger partial charge >= 0.3 is 0 Å². The summed E-state index contributed by atoms with van der Waals surface area (Å²) in [4.78, 5) is 8.46. The molecule has 1 aliphatic carbocycles. The summed E-state index contributed by atoms with van der Waals surface area (Å²) < 4.78 is 6.08. The summed E-state index contributed by atoms with van der Waals surface area (Å²) in [6, 6.07) is 22.8. The lowest BCUT2D eigenvalue weighted by Crippen LogP contribution is -2.58. The highest BCUT2D eigenvalue weighted by molar-refractivity contribution is 5.52. The largest absolute Gasteiger partial charge is 0.375 e. The van der Waals surface area contributed by atoms with Gasteiger partial charge in [-0.2, -0.15) is 0 Å². The minimum absolute atomic E-state index is 0.317. The molecule has 2 unspecified atom stereocenters. The van der Waals surface area contributed by atoms with Crippen molar-refractivity contribution in [2.75, 3.05) is 50.8 Å². The average Bonchev–Trinajstić information content (AvgIpc) is 3.50. The quantitative estimate of drug-likeness (QED) is 0.383. The van der Waals surface area contributed by atoms with Gasteiger partial charge in [-0.25, -0.2) is 0 Å². The van der Waals surface area contributed by atoms with Crippen LogP contribution in [0, 0.1) is 23.7 Å². The molecule has 2 aromatic rings. The zero-order valence-corrected chi connectivity index (χ0v) is 23.8. The summed E-state index contributed by atoms with van der Waals surface area (Å²) in [5, 5.41) is 0. The van der Waals surface area contributed by atoms with Crippen LogP contribution in [0.25, 0.3) is 0 Å². The Labute approximate surface area is 231 Å². The number of likely N-dealkylation sites (tertiary alicyclic amines) is 2. The van der Waals surface area contributed by atoms with E-state index in [1.165, 1.54) is 82.5 Å². The lowest BCUT2D eigenvalue weighted by atomic mass is 9.73. The van der Waals surface area contributed by atoms with E-state index in [1.807, 2.05) is 0 Å². The van der Waals surface area contributed by atoms with Gasteiger partial charge in [0.1, 0.15) is 0 Å². The zero-order chi connectivity index (χ0) is 26.0. The number of para-hydroxylation sites is 1. The van der Waals surface area contributed by atoms with Gasteiger partial charge in [0.05, 0.1) is 13.2 Å². The van der Waals surface area contributed by atoms with E-state index in [0.29, 0.717) is 5.54 Å². The van der Waals surface area contributed by atoms with Gasteiger partial charge < -0.3 is 19.4 Å². The second-order valence-corrected chi connectivity index (χ2v) is 13.1. The van der Waals surface area contributed by atoms with Crippen molar-refractivity contribution in [3.63, 3.8) is 0 Å². The minimum Gasteiger partial charge on any atom is -0.375 e. The summed E-state index contributed by atoms with van der Waals surface area (Å²) in [7, 11) is 0. The monoisotopic (exact) mass is 515 g/mol. The van der Waals surface area contributed by atoms with Crippen LogP contribution in [0.4, 0.5) is 5.69 Å². The maximum absolute atomic E-state index is 6.08. The van der Waals surface area contributed by atoms with E-state index in [9.17, 15) is 0 Å². The topological polar surface area (TPSA) is 19.0 Å². The molecule has 3 heterocycles. The molecule has 38 heavy (non-hydrogen) atoms. The van der Waals surface area contributed by atoms with Crippen LogP contribution in [0.15, 0.2) is 60.7 Å². The maximum atomic E-state index is 6.08. The summed E-state index contributed by atoms with van der Waals surface area (Å²) in [6.07, 6.45) is 8.36. The maximum Gasteiger partial charge on any atom is 0.0717 e. The van der Waals surface area contributed by atoms with Crippen LogP contribution in [0.1, 0.15) is 57.9 Å². The van der Waals surface area contributed by atoms with Crippen LogP contribution in [-0.2, 0) is 11.3 Å². The molecule has 0 aromatic heterocycles. The summed E-state index contributed by atoms with van der Waals surface area (Å²) >= 11 is 0. The molecule has 0 N–H and O–H groups in total. The number of hydrogen-bond donors (Lipinski definition) is 0. The lowest BCUT2D eigenvalue weighted by Gasteiger charge is -2.51. The number of hydrogen-bond acceptors (Lipinski definition) is 4. The van der Waals surface area contributed by atoms with Gasteiger partial charge in [-0.1, -0.05) is 62.4 Å². The second-order valence-electron chi connectivity index (χ2n) is 13.1. The van der Waals surface area contributed by atoms with Gasteiger partial charge in [-0.3, -0.25) is 0 Å². The number of piperidine rings is 1. The van der Waals surface area contributed by atoms with Crippen molar-refractivity contribution in [1.29, 1.82) is 0 Å². The molecule has 0 amide bonds. The van der Waals surface area contributed by atoms with Gasteiger partial charge in [0, 0.05) is 62.5 Å². The number of fused-ring (bicyclic) bond motifs is 2. The highest BCUT2D eigenvalue weighted by Crippen LogP contribution is 2.51. The number of ether oxygens (including phenoxy) is 1. The first-order chi connectivity index (χ1) is 18.6. The minimum atomic E-state index is 0.317. The van der Waals surface area contributed by atoms with E-state index in [4.69, 9.17) is 4.74 Å². The first-order valence-electron chi connectivity index (χ1n) is 15.5. The standard InChI is InChI=1S/C34H49N3O/c1-27(2)29-13-15-31(16-14-29)36-19-17-34(18-20-36)33-25-35(21-22-38-26-28-9-5-3-6-10-28)23-30(33)24-37(34)32-11-7-4-8-12-32/h3-12,27,29-31,33H,13-26H2,1-2H3. The second kappa shape index (κ2) is 11.7. The zero-order valence-electron chi connectivity index (χ0n) is 23.8. The van der Waals surface area contributed by atoms with Crippen LogP contribution in [0.3, 0.4) is 0 Å². The predicted molar refractivity (Wildman–Crippen MR) is 157 cm³/mol. The Kier molecular flexibility index (Phi) is 8.11. The van der Waals surface area contributed by atoms with Gasteiger partial charge in [0.2, 0.25) is 0 Å². The molecule has 0 radical (unpaired) electrons. The van der Waals surface area contributed by atoms with Gasteiger partial charge in [-0.05, 0) is 74.0 Å². The molecule has 3 aliphatic heterocycles. The molecule has 3 saturated heterocycles. The van der Waals surface area contributed by atoms with Crippen LogP contribution >= 0.6 is 0 Å². The molecule has 0 bridgehead atoms. The van der Waals surface area contributed by atoms with Crippen LogP contribution in [0.2, 0.25) is 0 Å². The Morgan fingerprint density at radius 1 is 0.842 bits per heavy atom. The lowest BCUT2D eigenvalue weighted by molar-refractivity contribution is 0.0613. The molecule has 206 valence electrons. The van der Waals surface area contributed by atoms with Gasteiger partial charge in [0.25, 0.3) is 0 Å². The molecule has 2 atom stereocenters. The van der Waals surface area contributed by atoms with Crippen LogP contribution in [0.5, 0.6) is 0 Å². The van der Waals surface area contributed by atoms with Crippen LogP contribution in [-0.4, -0.2) is 67.3 Å². The predicted octanol–water partition coefficient (Wildman–Crippen LogP) is 6.32. The van der Waals surface area contributed by atoms with Crippen molar-refractivity contribution in [3.05, 3.63) is 66.2 Å². The van der Waals surface area contributed by atoms with Gasteiger partial charge in [0.15, 0.2) is 0 Å². The van der Waals surface area contributed by atoms with Crippen molar-refractivity contribution >= 4 is 5.69 Å². The summed E-state index contributed by atoms with van der Waals surface area (Å²) in [6.45, 7) is 13.7. The number of nitrogens with zero attached hydrogens (tertiary/aromatic N) is 3. The fraction of sp³-hybridized carbons (Fsp3) is 0.647. The Balaban J connectivity index is 1.09. The van der Waals surface area contributed by atoms with E-state index in [-0.39, 0.29) is 0 Å². The molecular formula is C34H49N3O. The molecule has 2 aromatic carbocycles. The van der Waals surface area contributed by atoms with E-state index in [1.54, 1.807) is 0 Å². The smallest absolute Gasteiger partial charge is 0.0717 e. The van der Waals surface area contributed by atoms with E-state index >= 15 is 0 Å².